The average Bonchev–Trinajstić information content (AvgIpc) is 2.72. The Morgan fingerprint density at radius 2 is 2.06 bits per heavy atom. The van der Waals surface area contributed by atoms with E-state index in [1.165, 1.54) is 0 Å². The van der Waals surface area contributed by atoms with E-state index in [1.807, 2.05) is 20.8 Å². The van der Waals surface area contributed by atoms with Gasteiger partial charge in [-0.2, -0.15) is 0 Å². The van der Waals surface area contributed by atoms with Gasteiger partial charge in [-0.15, -0.1) is 0 Å². The number of ether oxygens (including phenoxy) is 1. The molecule has 2 atom stereocenters. The number of likely N-dealkylation sites (tertiary alicyclic amines) is 1. The quantitative estimate of drug-likeness (QED) is 0.761. The van der Waals surface area contributed by atoms with Gasteiger partial charge >= 0.3 is 12.1 Å². The van der Waals surface area contributed by atoms with Gasteiger partial charge in [-0.3, -0.25) is 4.79 Å². The van der Waals surface area contributed by atoms with Crippen molar-refractivity contribution in [3.63, 3.8) is 0 Å². The second kappa shape index (κ2) is 3.62. The number of nitrogens with zero attached hydrogens (tertiary/aromatic N) is 1. The van der Waals surface area contributed by atoms with Gasteiger partial charge in [0.05, 0.1) is 5.41 Å². The van der Waals surface area contributed by atoms with Gasteiger partial charge in [-0.25, -0.2) is 4.79 Å². The van der Waals surface area contributed by atoms with Crippen LogP contribution in [0.25, 0.3) is 0 Å². The van der Waals surface area contributed by atoms with E-state index < -0.39 is 17.0 Å². The van der Waals surface area contributed by atoms with Gasteiger partial charge in [0.1, 0.15) is 5.60 Å². The Labute approximate surface area is 101 Å². The van der Waals surface area contributed by atoms with Gasteiger partial charge in [-0.1, -0.05) is 0 Å². The minimum Gasteiger partial charge on any atom is -0.481 e. The molecule has 1 N–H and O–H groups in total. The van der Waals surface area contributed by atoms with Crippen molar-refractivity contribution in [2.45, 2.75) is 51.7 Å². The summed E-state index contributed by atoms with van der Waals surface area (Å²) < 4.78 is 5.29. The van der Waals surface area contributed by atoms with Crippen molar-refractivity contribution in [3.8, 4) is 0 Å². The van der Waals surface area contributed by atoms with Gasteiger partial charge in [0, 0.05) is 12.6 Å². The molecule has 1 aliphatic heterocycles. The Morgan fingerprint density at radius 1 is 1.41 bits per heavy atom. The number of carboxylic acid groups (broad SMARTS) is 1. The molecule has 1 saturated heterocycles. The molecule has 5 heteroatoms. The van der Waals surface area contributed by atoms with Crippen LogP contribution >= 0.6 is 0 Å². The molecular formula is C12H19NO4. The molecule has 0 radical (unpaired) electrons. The van der Waals surface area contributed by atoms with E-state index in [-0.39, 0.29) is 12.1 Å². The van der Waals surface area contributed by atoms with Gasteiger partial charge < -0.3 is 14.7 Å². The summed E-state index contributed by atoms with van der Waals surface area (Å²) in [6, 6.07) is 0.0425. The Hall–Kier alpha value is -1.26. The third-order valence-corrected chi connectivity index (χ3v) is 3.58. The normalized spacial score (nSPS) is 31.7. The molecule has 1 aliphatic carbocycles. The largest absolute Gasteiger partial charge is 0.481 e. The van der Waals surface area contributed by atoms with Crippen LogP contribution in [0.15, 0.2) is 0 Å². The predicted octanol–water partition coefficient (Wildman–Crippen LogP) is 1.86. The molecule has 96 valence electrons. The first-order chi connectivity index (χ1) is 7.73. The van der Waals surface area contributed by atoms with E-state index in [9.17, 15) is 14.7 Å². The number of carbonyl (C=O) groups excluding carboxylic acids is 1. The van der Waals surface area contributed by atoms with Crippen LogP contribution in [0.2, 0.25) is 0 Å². The van der Waals surface area contributed by atoms with Crippen LogP contribution in [0.1, 0.15) is 40.0 Å². The Kier molecular flexibility index (Phi) is 2.60. The van der Waals surface area contributed by atoms with Crippen molar-refractivity contribution in [2.24, 2.45) is 5.41 Å². The molecule has 1 amide bonds. The Balaban J connectivity index is 2.07. The van der Waals surface area contributed by atoms with Crippen molar-refractivity contribution >= 4 is 12.1 Å². The van der Waals surface area contributed by atoms with Crippen LogP contribution in [0.5, 0.6) is 0 Å². The highest BCUT2D eigenvalue weighted by atomic mass is 16.6. The first kappa shape index (κ1) is 12.2. The smallest absolute Gasteiger partial charge is 0.410 e. The van der Waals surface area contributed by atoms with Crippen molar-refractivity contribution in [3.05, 3.63) is 0 Å². The van der Waals surface area contributed by atoms with E-state index >= 15 is 0 Å². The number of hydrogen-bond donors (Lipinski definition) is 1. The maximum absolute atomic E-state index is 11.9. The molecule has 0 aromatic heterocycles. The second-order valence-corrected chi connectivity index (χ2v) is 6.09. The zero-order chi connectivity index (χ0) is 12.8. The summed E-state index contributed by atoms with van der Waals surface area (Å²) in [5.41, 5.74) is -1.25. The second-order valence-electron chi connectivity index (χ2n) is 6.09. The molecule has 0 unspecified atom stereocenters. The molecule has 1 heterocycles. The Bertz CT molecular complexity index is 360. The number of aliphatic carboxylic acids is 1. The number of rotatable bonds is 1. The van der Waals surface area contributed by atoms with Crippen molar-refractivity contribution in [2.75, 3.05) is 6.54 Å². The fourth-order valence-corrected chi connectivity index (χ4v) is 2.76. The molecule has 2 aliphatic rings. The molecule has 0 spiro atoms. The molecule has 17 heavy (non-hydrogen) atoms. The summed E-state index contributed by atoms with van der Waals surface area (Å²) in [5.74, 6) is -0.786. The summed E-state index contributed by atoms with van der Waals surface area (Å²) in [5, 5.41) is 9.24. The number of carbonyl (C=O) groups is 2. The maximum atomic E-state index is 11.9. The highest BCUT2D eigenvalue weighted by Gasteiger charge is 2.56. The molecule has 2 fully saturated rings. The molecule has 5 nitrogen and oxygen atoms in total. The van der Waals surface area contributed by atoms with E-state index in [0.717, 1.165) is 6.42 Å². The molecular weight excluding hydrogens is 222 g/mol. The highest BCUT2D eigenvalue weighted by molar-refractivity contribution is 5.79. The highest BCUT2D eigenvalue weighted by Crippen LogP contribution is 2.48. The van der Waals surface area contributed by atoms with Crippen LogP contribution in [-0.2, 0) is 9.53 Å². The average molecular weight is 241 g/mol. The summed E-state index contributed by atoms with van der Waals surface area (Å²) in [7, 11) is 0. The molecule has 2 rings (SSSR count). The van der Waals surface area contributed by atoms with Crippen molar-refractivity contribution in [1.82, 2.24) is 4.90 Å². The minimum absolute atomic E-state index is 0.0425. The van der Waals surface area contributed by atoms with Gasteiger partial charge in [0.15, 0.2) is 0 Å². The number of carboxylic acids is 1. The lowest BCUT2D eigenvalue weighted by molar-refractivity contribution is -0.148. The van der Waals surface area contributed by atoms with Crippen LogP contribution < -0.4 is 0 Å². The third kappa shape index (κ3) is 2.10. The number of hydrogen-bond acceptors (Lipinski definition) is 3. The zero-order valence-electron chi connectivity index (χ0n) is 10.5. The van der Waals surface area contributed by atoms with Crippen LogP contribution in [0, 0.1) is 5.41 Å². The maximum Gasteiger partial charge on any atom is 0.410 e. The molecule has 2 bridgehead atoms. The van der Waals surface area contributed by atoms with Crippen LogP contribution in [0.4, 0.5) is 4.79 Å². The summed E-state index contributed by atoms with van der Waals surface area (Å²) in [6.07, 6.45) is 1.63. The van der Waals surface area contributed by atoms with Crippen LogP contribution in [-0.4, -0.2) is 40.3 Å². The number of piperidine rings is 1. The number of fused-ring (bicyclic) bond motifs is 2. The Morgan fingerprint density at radius 3 is 2.53 bits per heavy atom. The SMILES string of the molecule is CC(C)(C)OC(=O)N1C[C@]2(C(=O)O)CC[C@H]1C2. The van der Waals surface area contributed by atoms with Crippen LogP contribution in [0.3, 0.4) is 0 Å². The van der Waals surface area contributed by atoms with Gasteiger partial charge in [0.2, 0.25) is 0 Å². The van der Waals surface area contributed by atoms with Crippen molar-refractivity contribution in [1.29, 1.82) is 0 Å². The van der Waals surface area contributed by atoms with E-state index in [2.05, 4.69) is 0 Å². The monoisotopic (exact) mass is 241 g/mol. The summed E-state index contributed by atoms with van der Waals surface area (Å²) in [4.78, 5) is 24.8. The number of amides is 1. The lowest BCUT2D eigenvalue weighted by Crippen LogP contribution is -2.44. The first-order valence-electron chi connectivity index (χ1n) is 5.97. The summed E-state index contributed by atoms with van der Waals surface area (Å²) in [6.45, 7) is 5.73. The first-order valence-corrected chi connectivity index (χ1v) is 5.97. The van der Waals surface area contributed by atoms with E-state index in [4.69, 9.17) is 4.74 Å². The fraction of sp³-hybridized carbons (Fsp3) is 0.833. The molecule has 0 aromatic rings. The zero-order valence-corrected chi connectivity index (χ0v) is 10.5. The predicted molar refractivity (Wildman–Crippen MR) is 60.6 cm³/mol. The van der Waals surface area contributed by atoms with E-state index in [0.29, 0.717) is 19.4 Å². The lowest BCUT2D eigenvalue weighted by Gasteiger charge is -2.32. The van der Waals surface area contributed by atoms with E-state index in [1.54, 1.807) is 4.90 Å². The minimum atomic E-state index is -0.786. The summed E-state index contributed by atoms with van der Waals surface area (Å²) >= 11 is 0. The molecule has 0 aromatic carbocycles. The van der Waals surface area contributed by atoms with Gasteiger partial charge in [0.25, 0.3) is 0 Å². The standard InChI is InChI=1S/C12H19NO4/c1-11(2,3)17-10(16)13-7-12(9(14)15)5-4-8(13)6-12/h8H,4-7H2,1-3H3,(H,14,15)/t8-,12-/m0/s1. The van der Waals surface area contributed by atoms with Gasteiger partial charge in [-0.05, 0) is 40.0 Å². The fourth-order valence-electron chi connectivity index (χ4n) is 2.76. The topological polar surface area (TPSA) is 66.8 Å². The third-order valence-electron chi connectivity index (χ3n) is 3.58. The van der Waals surface area contributed by atoms with Crippen molar-refractivity contribution < 1.29 is 19.4 Å². The molecule has 1 saturated carbocycles. The lowest BCUT2D eigenvalue weighted by atomic mass is 9.88.